The Balaban J connectivity index is 1.67. The second kappa shape index (κ2) is 5.75. The quantitative estimate of drug-likeness (QED) is 0.866. The van der Waals surface area contributed by atoms with E-state index in [2.05, 4.69) is 4.98 Å². The highest BCUT2D eigenvalue weighted by molar-refractivity contribution is 7.91. The molecule has 2 aromatic heterocycles. The molecule has 1 saturated heterocycles. The number of sulfonamides is 1. The van der Waals surface area contributed by atoms with Crippen LogP contribution in [0.3, 0.4) is 0 Å². The summed E-state index contributed by atoms with van der Waals surface area (Å²) in [4.78, 5) is 4.17. The van der Waals surface area contributed by atoms with Crippen LogP contribution in [0.25, 0.3) is 0 Å². The summed E-state index contributed by atoms with van der Waals surface area (Å²) in [7, 11) is -3.37. The van der Waals surface area contributed by atoms with Gasteiger partial charge in [0.1, 0.15) is 16.1 Å². The predicted molar refractivity (Wildman–Crippen MR) is 81.1 cm³/mol. The molecule has 0 aliphatic carbocycles. The zero-order valence-electron chi connectivity index (χ0n) is 11.6. The van der Waals surface area contributed by atoms with Crippen LogP contribution in [0.5, 0.6) is 5.75 Å². The third-order valence-electron chi connectivity index (χ3n) is 3.38. The maximum Gasteiger partial charge on any atom is 0.252 e. The number of thiophene rings is 1. The largest absolute Gasteiger partial charge is 0.487 e. The van der Waals surface area contributed by atoms with Crippen molar-refractivity contribution in [1.82, 2.24) is 9.29 Å². The van der Waals surface area contributed by atoms with Gasteiger partial charge in [0, 0.05) is 12.2 Å². The fourth-order valence-corrected chi connectivity index (χ4v) is 4.90. The van der Waals surface area contributed by atoms with Gasteiger partial charge in [-0.05, 0) is 36.9 Å². The van der Waals surface area contributed by atoms with Crippen molar-refractivity contribution in [3.8, 4) is 5.75 Å². The molecule has 3 heterocycles. The molecule has 0 saturated carbocycles. The van der Waals surface area contributed by atoms with Crippen molar-refractivity contribution in [2.45, 2.75) is 23.7 Å². The zero-order valence-corrected chi connectivity index (χ0v) is 13.2. The third kappa shape index (κ3) is 3.09. The maximum atomic E-state index is 12.4. The number of aryl methyl sites for hydroxylation is 1. The molecule has 2 aromatic rings. The van der Waals surface area contributed by atoms with Gasteiger partial charge in [0.05, 0.1) is 12.7 Å². The Morgan fingerprint density at radius 1 is 1.38 bits per heavy atom. The summed E-state index contributed by atoms with van der Waals surface area (Å²) >= 11 is 1.24. The fourth-order valence-electron chi connectivity index (χ4n) is 2.27. The van der Waals surface area contributed by atoms with Crippen LogP contribution in [0.1, 0.15) is 12.1 Å². The van der Waals surface area contributed by atoms with Crippen molar-refractivity contribution in [3.05, 3.63) is 41.5 Å². The Kier molecular flexibility index (Phi) is 3.97. The highest BCUT2D eigenvalue weighted by Gasteiger charge is 2.34. The monoisotopic (exact) mass is 324 g/mol. The van der Waals surface area contributed by atoms with Crippen molar-refractivity contribution < 1.29 is 13.2 Å². The SMILES string of the molecule is Cc1ccc(OC2CCN(S(=O)(=O)c3cccs3)C2)cn1. The van der Waals surface area contributed by atoms with Gasteiger partial charge in [0.15, 0.2) is 0 Å². The van der Waals surface area contributed by atoms with Crippen LogP contribution in [0.15, 0.2) is 40.1 Å². The number of ether oxygens (including phenoxy) is 1. The first-order valence-corrected chi connectivity index (χ1v) is 9.00. The molecule has 0 spiro atoms. The number of hydrogen-bond acceptors (Lipinski definition) is 5. The lowest BCUT2D eigenvalue weighted by Gasteiger charge is -2.16. The predicted octanol–water partition coefficient (Wildman–Crippen LogP) is 2.29. The smallest absolute Gasteiger partial charge is 0.252 e. The lowest BCUT2D eigenvalue weighted by Crippen LogP contribution is -2.30. The summed E-state index contributed by atoms with van der Waals surface area (Å²) in [6.07, 6.45) is 2.24. The van der Waals surface area contributed by atoms with E-state index in [1.54, 1.807) is 23.7 Å². The molecule has 0 N–H and O–H groups in total. The molecule has 1 fully saturated rings. The van der Waals surface area contributed by atoms with Crippen LogP contribution in [-0.2, 0) is 10.0 Å². The molecule has 3 rings (SSSR count). The van der Waals surface area contributed by atoms with Gasteiger partial charge in [0.25, 0.3) is 10.0 Å². The van der Waals surface area contributed by atoms with Gasteiger partial charge >= 0.3 is 0 Å². The molecule has 0 bridgehead atoms. The van der Waals surface area contributed by atoms with E-state index in [4.69, 9.17) is 4.74 Å². The Morgan fingerprint density at radius 2 is 2.24 bits per heavy atom. The topological polar surface area (TPSA) is 59.5 Å². The molecule has 0 amide bonds. The summed E-state index contributed by atoms with van der Waals surface area (Å²) < 4.78 is 32.5. The Hall–Kier alpha value is -1.44. The van der Waals surface area contributed by atoms with E-state index >= 15 is 0 Å². The van der Waals surface area contributed by atoms with Crippen LogP contribution in [-0.4, -0.2) is 36.9 Å². The van der Waals surface area contributed by atoms with Gasteiger partial charge in [-0.2, -0.15) is 4.31 Å². The van der Waals surface area contributed by atoms with Gasteiger partial charge < -0.3 is 4.74 Å². The second-order valence-corrected chi connectivity index (χ2v) is 8.07. The summed E-state index contributed by atoms with van der Waals surface area (Å²) in [5, 5.41) is 1.77. The molecule has 1 aliphatic rings. The van der Waals surface area contributed by atoms with Crippen LogP contribution >= 0.6 is 11.3 Å². The summed E-state index contributed by atoms with van der Waals surface area (Å²) in [6, 6.07) is 7.13. The Morgan fingerprint density at radius 3 is 2.90 bits per heavy atom. The molecule has 1 atom stereocenters. The van der Waals surface area contributed by atoms with Crippen molar-refractivity contribution in [2.75, 3.05) is 13.1 Å². The number of pyridine rings is 1. The summed E-state index contributed by atoms with van der Waals surface area (Å²) in [6.45, 7) is 2.78. The van der Waals surface area contributed by atoms with Crippen LogP contribution in [0.4, 0.5) is 0 Å². The molecule has 112 valence electrons. The van der Waals surface area contributed by atoms with E-state index in [-0.39, 0.29) is 6.10 Å². The van der Waals surface area contributed by atoms with E-state index in [1.165, 1.54) is 15.6 Å². The molecule has 1 aliphatic heterocycles. The maximum absolute atomic E-state index is 12.4. The average molecular weight is 324 g/mol. The molecule has 7 heteroatoms. The Bertz CT molecular complexity index is 696. The number of aromatic nitrogens is 1. The van der Waals surface area contributed by atoms with Crippen molar-refractivity contribution >= 4 is 21.4 Å². The second-order valence-electron chi connectivity index (χ2n) is 4.96. The normalized spacial score (nSPS) is 19.8. The summed E-state index contributed by atoms with van der Waals surface area (Å²) in [5.41, 5.74) is 0.927. The van der Waals surface area contributed by atoms with Gasteiger partial charge in [-0.3, -0.25) is 4.98 Å². The molecule has 0 radical (unpaired) electrons. The van der Waals surface area contributed by atoms with E-state index in [9.17, 15) is 8.42 Å². The highest BCUT2D eigenvalue weighted by Crippen LogP contribution is 2.26. The lowest BCUT2D eigenvalue weighted by molar-refractivity contribution is 0.214. The highest BCUT2D eigenvalue weighted by atomic mass is 32.2. The molecular weight excluding hydrogens is 308 g/mol. The van der Waals surface area contributed by atoms with Crippen LogP contribution in [0, 0.1) is 6.92 Å². The Labute approximate surface area is 128 Å². The van der Waals surface area contributed by atoms with Crippen LogP contribution in [0.2, 0.25) is 0 Å². The molecule has 1 unspecified atom stereocenters. The number of nitrogens with zero attached hydrogens (tertiary/aromatic N) is 2. The fraction of sp³-hybridized carbons (Fsp3) is 0.357. The van der Waals surface area contributed by atoms with Crippen molar-refractivity contribution in [1.29, 1.82) is 0 Å². The third-order valence-corrected chi connectivity index (χ3v) is 6.62. The summed E-state index contributed by atoms with van der Waals surface area (Å²) in [5.74, 6) is 0.681. The van der Waals surface area contributed by atoms with Gasteiger partial charge in [-0.25, -0.2) is 8.42 Å². The lowest BCUT2D eigenvalue weighted by atomic mass is 10.3. The average Bonchev–Trinajstić information content (AvgIpc) is 3.12. The minimum Gasteiger partial charge on any atom is -0.487 e. The number of rotatable bonds is 4. The number of hydrogen-bond donors (Lipinski definition) is 0. The minimum absolute atomic E-state index is 0.121. The van der Waals surface area contributed by atoms with E-state index in [0.717, 1.165) is 5.69 Å². The minimum atomic E-state index is -3.37. The van der Waals surface area contributed by atoms with Gasteiger partial charge in [-0.15, -0.1) is 11.3 Å². The first-order chi connectivity index (χ1) is 10.1. The van der Waals surface area contributed by atoms with Crippen molar-refractivity contribution in [3.63, 3.8) is 0 Å². The van der Waals surface area contributed by atoms with E-state index in [0.29, 0.717) is 29.5 Å². The first kappa shape index (κ1) is 14.5. The molecule has 5 nitrogen and oxygen atoms in total. The first-order valence-electron chi connectivity index (χ1n) is 6.69. The van der Waals surface area contributed by atoms with E-state index in [1.807, 2.05) is 19.1 Å². The molecule has 21 heavy (non-hydrogen) atoms. The molecular formula is C14H16N2O3S2. The zero-order chi connectivity index (χ0) is 14.9. The van der Waals surface area contributed by atoms with Gasteiger partial charge in [0.2, 0.25) is 0 Å². The standard InChI is InChI=1S/C14H16N2O3S2/c1-11-4-5-12(9-15-11)19-13-6-7-16(10-13)21(17,18)14-3-2-8-20-14/h2-5,8-9,13H,6-7,10H2,1H3. The molecule has 0 aromatic carbocycles. The van der Waals surface area contributed by atoms with Crippen molar-refractivity contribution in [2.24, 2.45) is 0 Å². The van der Waals surface area contributed by atoms with Gasteiger partial charge in [-0.1, -0.05) is 6.07 Å². The van der Waals surface area contributed by atoms with E-state index < -0.39 is 10.0 Å². The van der Waals surface area contributed by atoms with Crippen LogP contribution < -0.4 is 4.74 Å².